The first-order valence-corrected chi connectivity index (χ1v) is 11.2. The minimum Gasteiger partial charge on any atom is -0.324 e. The molecule has 172 valence electrons. The lowest BCUT2D eigenvalue weighted by atomic mass is 10.2. The van der Waals surface area contributed by atoms with Crippen molar-refractivity contribution < 1.29 is 14.1 Å². The molecule has 3 aromatic carbocycles. The molecule has 34 heavy (non-hydrogen) atoms. The van der Waals surface area contributed by atoms with Crippen LogP contribution < -0.4 is 10.9 Å². The lowest BCUT2D eigenvalue weighted by Crippen LogP contribution is -2.26. The molecule has 11 heteroatoms. The van der Waals surface area contributed by atoms with Crippen LogP contribution in [-0.2, 0) is 4.79 Å². The Bertz CT molecular complexity index is 1490. The summed E-state index contributed by atoms with van der Waals surface area (Å²) >= 11 is 7.03. The number of para-hydroxylation sites is 2. The first-order chi connectivity index (χ1) is 16.3. The van der Waals surface area contributed by atoms with Crippen molar-refractivity contribution in [3.8, 4) is 5.69 Å². The van der Waals surface area contributed by atoms with Crippen molar-refractivity contribution in [1.29, 1.82) is 0 Å². The van der Waals surface area contributed by atoms with Gasteiger partial charge in [0.1, 0.15) is 5.82 Å². The number of benzene rings is 3. The summed E-state index contributed by atoms with van der Waals surface area (Å²) in [5.41, 5.74) is -0.0560. The van der Waals surface area contributed by atoms with Crippen molar-refractivity contribution >= 4 is 51.5 Å². The lowest BCUT2D eigenvalue weighted by Gasteiger charge is -2.17. The molecule has 0 spiro atoms. The van der Waals surface area contributed by atoms with E-state index < -0.39 is 27.5 Å². The summed E-state index contributed by atoms with van der Waals surface area (Å²) in [6, 6.07) is 16.2. The Morgan fingerprint density at radius 1 is 1.18 bits per heavy atom. The van der Waals surface area contributed by atoms with E-state index in [1.807, 2.05) is 0 Å². The predicted molar refractivity (Wildman–Crippen MR) is 129 cm³/mol. The highest BCUT2D eigenvalue weighted by molar-refractivity contribution is 8.00. The van der Waals surface area contributed by atoms with E-state index in [0.717, 1.165) is 22.4 Å². The quantitative estimate of drug-likeness (QED) is 0.169. The topological polar surface area (TPSA) is 107 Å². The smallest absolute Gasteiger partial charge is 0.271 e. The molecule has 4 rings (SSSR count). The molecule has 0 fully saturated rings. The number of halogens is 2. The van der Waals surface area contributed by atoms with Gasteiger partial charge in [-0.15, -0.1) is 0 Å². The van der Waals surface area contributed by atoms with E-state index in [0.29, 0.717) is 10.9 Å². The number of rotatable bonds is 6. The number of amides is 1. The zero-order valence-corrected chi connectivity index (χ0v) is 19.1. The molecular formula is C23H16ClFN4O4S. The zero-order chi connectivity index (χ0) is 24.4. The van der Waals surface area contributed by atoms with Crippen LogP contribution in [0.5, 0.6) is 0 Å². The van der Waals surface area contributed by atoms with Crippen LogP contribution in [0.15, 0.2) is 76.7 Å². The van der Waals surface area contributed by atoms with E-state index in [1.165, 1.54) is 30.3 Å². The lowest BCUT2D eigenvalue weighted by molar-refractivity contribution is -0.384. The number of nitrogens with one attached hydrogen (secondary N) is 1. The molecule has 1 N–H and O–H groups in total. The highest BCUT2D eigenvalue weighted by atomic mass is 35.5. The third-order valence-corrected chi connectivity index (χ3v) is 6.28. The number of nitro benzene ring substituents is 1. The van der Waals surface area contributed by atoms with Crippen LogP contribution >= 0.6 is 23.4 Å². The Morgan fingerprint density at radius 3 is 2.59 bits per heavy atom. The number of nitro groups is 1. The Kier molecular flexibility index (Phi) is 6.62. The van der Waals surface area contributed by atoms with Gasteiger partial charge < -0.3 is 5.32 Å². The molecule has 1 heterocycles. The maximum atomic E-state index is 14.6. The average Bonchev–Trinajstić information content (AvgIpc) is 2.81. The van der Waals surface area contributed by atoms with Gasteiger partial charge in [0.2, 0.25) is 5.91 Å². The zero-order valence-electron chi connectivity index (χ0n) is 17.6. The van der Waals surface area contributed by atoms with Gasteiger partial charge in [-0.3, -0.25) is 24.3 Å². The van der Waals surface area contributed by atoms with Crippen LogP contribution in [0.2, 0.25) is 5.02 Å². The minimum atomic E-state index is -0.780. The monoisotopic (exact) mass is 498 g/mol. The number of carbonyl (C=O) groups excluding carboxylic acids is 1. The maximum absolute atomic E-state index is 14.6. The predicted octanol–water partition coefficient (Wildman–Crippen LogP) is 5.21. The van der Waals surface area contributed by atoms with E-state index in [4.69, 9.17) is 11.6 Å². The van der Waals surface area contributed by atoms with Gasteiger partial charge in [-0.2, -0.15) is 0 Å². The van der Waals surface area contributed by atoms with E-state index in [-0.39, 0.29) is 27.2 Å². The third kappa shape index (κ3) is 4.63. The van der Waals surface area contributed by atoms with Crippen molar-refractivity contribution in [1.82, 2.24) is 9.55 Å². The normalized spacial score (nSPS) is 11.9. The fourth-order valence-electron chi connectivity index (χ4n) is 3.20. The number of hydrogen-bond acceptors (Lipinski definition) is 6. The van der Waals surface area contributed by atoms with Gasteiger partial charge in [0.15, 0.2) is 5.16 Å². The first-order valence-electron chi connectivity index (χ1n) is 9.94. The molecule has 0 aliphatic carbocycles. The number of aromatic nitrogens is 2. The van der Waals surface area contributed by atoms with Crippen LogP contribution in [0.3, 0.4) is 0 Å². The van der Waals surface area contributed by atoms with Gasteiger partial charge >= 0.3 is 0 Å². The molecule has 1 aromatic heterocycles. The summed E-state index contributed by atoms with van der Waals surface area (Å²) in [5, 5.41) is 13.2. The van der Waals surface area contributed by atoms with Crippen molar-refractivity contribution in [2.45, 2.75) is 17.3 Å². The Morgan fingerprint density at radius 2 is 1.88 bits per heavy atom. The highest BCUT2D eigenvalue weighted by Gasteiger charge is 2.22. The fourth-order valence-corrected chi connectivity index (χ4v) is 4.34. The van der Waals surface area contributed by atoms with Gasteiger partial charge in [0.05, 0.1) is 37.5 Å². The second kappa shape index (κ2) is 9.62. The van der Waals surface area contributed by atoms with Crippen LogP contribution in [0.1, 0.15) is 6.92 Å². The van der Waals surface area contributed by atoms with Crippen LogP contribution in [-0.4, -0.2) is 25.6 Å². The molecule has 0 aliphatic heterocycles. The molecule has 0 radical (unpaired) electrons. The molecule has 1 atom stereocenters. The largest absolute Gasteiger partial charge is 0.324 e. The summed E-state index contributed by atoms with van der Waals surface area (Å²) in [6.45, 7) is 1.59. The standard InChI is InChI=1S/C23H16ClFN4O4S/c1-13(21(30)26-19-11-10-14(29(32)33)12-16(19)24)34-23-27-18-8-4-2-6-15(18)22(31)28(23)20-9-5-3-7-17(20)25/h2-13H,1H3,(H,26,30). The molecule has 0 saturated heterocycles. The van der Waals surface area contributed by atoms with Crippen LogP contribution in [0.25, 0.3) is 16.6 Å². The van der Waals surface area contributed by atoms with E-state index in [1.54, 1.807) is 37.3 Å². The number of anilines is 1. The number of carbonyl (C=O) groups is 1. The Labute approximate surface area is 201 Å². The van der Waals surface area contributed by atoms with Gasteiger partial charge in [-0.1, -0.05) is 47.6 Å². The number of hydrogen-bond donors (Lipinski definition) is 1. The van der Waals surface area contributed by atoms with Crippen molar-refractivity contribution in [2.24, 2.45) is 0 Å². The van der Waals surface area contributed by atoms with Gasteiger partial charge in [0, 0.05) is 12.1 Å². The number of nitrogens with zero attached hydrogens (tertiary/aromatic N) is 3. The van der Waals surface area contributed by atoms with E-state index in [2.05, 4.69) is 10.3 Å². The van der Waals surface area contributed by atoms with Gasteiger partial charge in [0.25, 0.3) is 11.2 Å². The van der Waals surface area contributed by atoms with Crippen molar-refractivity contribution in [2.75, 3.05) is 5.32 Å². The number of non-ortho nitro benzene ring substituents is 1. The Hall–Kier alpha value is -3.76. The molecule has 4 aromatic rings. The Balaban J connectivity index is 1.69. The summed E-state index contributed by atoms with van der Waals surface area (Å²) in [6.07, 6.45) is 0. The third-order valence-electron chi connectivity index (χ3n) is 4.91. The summed E-state index contributed by atoms with van der Waals surface area (Å²) in [7, 11) is 0. The first kappa shape index (κ1) is 23.4. The maximum Gasteiger partial charge on any atom is 0.271 e. The number of fused-ring (bicyclic) bond motifs is 1. The average molecular weight is 499 g/mol. The number of thioether (sulfide) groups is 1. The molecule has 0 saturated carbocycles. The molecule has 0 aliphatic rings. The van der Waals surface area contributed by atoms with Crippen molar-refractivity contribution in [3.63, 3.8) is 0 Å². The van der Waals surface area contributed by atoms with E-state index >= 15 is 0 Å². The minimum absolute atomic E-state index is 0.00634. The summed E-state index contributed by atoms with van der Waals surface area (Å²) in [4.78, 5) is 40.9. The molecule has 8 nitrogen and oxygen atoms in total. The van der Waals surface area contributed by atoms with Crippen LogP contribution in [0.4, 0.5) is 15.8 Å². The van der Waals surface area contributed by atoms with Crippen molar-refractivity contribution in [3.05, 3.63) is 98.0 Å². The molecule has 0 bridgehead atoms. The second-order valence-corrected chi connectivity index (χ2v) is 8.89. The van der Waals surface area contributed by atoms with Gasteiger partial charge in [-0.25, -0.2) is 9.37 Å². The van der Waals surface area contributed by atoms with Crippen LogP contribution in [0, 0.1) is 15.9 Å². The SMILES string of the molecule is CC(Sc1nc2ccccc2c(=O)n1-c1ccccc1F)C(=O)Nc1ccc([N+](=O)[O-])cc1Cl. The molecule has 1 amide bonds. The van der Waals surface area contributed by atoms with E-state index in [9.17, 15) is 24.1 Å². The summed E-state index contributed by atoms with van der Waals surface area (Å²) in [5.74, 6) is -1.10. The van der Waals surface area contributed by atoms with Gasteiger partial charge in [-0.05, 0) is 37.3 Å². The second-order valence-electron chi connectivity index (χ2n) is 7.17. The summed E-state index contributed by atoms with van der Waals surface area (Å²) < 4.78 is 15.8. The fraction of sp³-hybridized carbons (Fsp3) is 0.0870. The highest BCUT2D eigenvalue weighted by Crippen LogP contribution is 2.29. The molecule has 1 unspecified atom stereocenters. The molecular weight excluding hydrogens is 483 g/mol.